The highest BCUT2D eigenvalue weighted by Crippen LogP contribution is 2.36. The van der Waals surface area contributed by atoms with Gasteiger partial charge in [0.15, 0.2) is 0 Å². The Kier molecular flexibility index (Phi) is 5.69. The number of rotatable bonds is 2. The monoisotopic (exact) mass is 283 g/mol. The number of hydrogen-bond acceptors (Lipinski definition) is 2. The predicted molar refractivity (Wildman–Crippen MR) is 83.8 cm³/mol. The second-order valence-corrected chi connectivity index (χ2v) is 6.23. The minimum Gasteiger partial charge on any atom is -0.496 e. The zero-order chi connectivity index (χ0) is 13.2. The number of piperidine rings is 1. The van der Waals surface area contributed by atoms with Crippen molar-refractivity contribution in [1.82, 2.24) is 5.32 Å². The molecule has 1 aliphatic rings. The number of nitrogens with one attached hydrogen (secondary N) is 1. The van der Waals surface area contributed by atoms with Crippen molar-refractivity contribution in [3.63, 3.8) is 0 Å². The Balaban J connectivity index is 0.00000180. The Hall–Kier alpha value is -0.730. The first-order valence-corrected chi connectivity index (χ1v) is 6.91. The van der Waals surface area contributed by atoms with Crippen LogP contribution in [0, 0.1) is 0 Å². The molecule has 2 rings (SSSR count). The van der Waals surface area contributed by atoms with Gasteiger partial charge in [0.05, 0.1) is 7.11 Å². The fraction of sp³-hybridized carbons (Fsp3) is 0.625. The average molecular weight is 284 g/mol. The third kappa shape index (κ3) is 3.87. The quantitative estimate of drug-likeness (QED) is 0.889. The molecule has 1 heterocycles. The van der Waals surface area contributed by atoms with E-state index in [9.17, 15) is 0 Å². The first kappa shape index (κ1) is 16.3. The molecule has 0 saturated carbocycles. The van der Waals surface area contributed by atoms with Gasteiger partial charge in [-0.1, -0.05) is 32.9 Å². The Bertz CT molecular complexity index is 406. The van der Waals surface area contributed by atoms with E-state index in [1.54, 1.807) is 7.11 Å². The van der Waals surface area contributed by atoms with E-state index in [0.717, 1.165) is 18.8 Å². The van der Waals surface area contributed by atoms with Gasteiger partial charge in [-0.3, -0.25) is 0 Å². The lowest BCUT2D eigenvalue weighted by atomic mass is 9.82. The fourth-order valence-corrected chi connectivity index (χ4v) is 2.65. The minimum atomic E-state index is 0. The number of methoxy groups -OCH3 is 1. The first-order chi connectivity index (χ1) is 8.52. The summed E-state index contributed by atoms with van der Waals surface area (Å²) in [6.07, 6.45) is 2.42. The van der Waals surface area contributed by atoms with Gasteiger partial charge in [-0.25, -0.2) is 0 Å². The normalized spacial score (nSPS) is 16.8. The maximum Gasteiger partial charge on any atom is 0.122 e. The summed E-state index contributed by atoms with van der Waals surface area (Å²) in [6, 6.07) is 6.69. The van der Waals surface area contributed by atoms with Gasteiger partial charge < -0.3 is 10.1 Å². The van der Waals surface area contributed by atoms with Crippen LogP contribution in [0.1, 0.15) is 50.7 Å². The van der Waals surface area contributed by atoms with Crippen molar-refractivity contribution in [2.45, 2.75) is 44.9 Å². The van der Waals surface area contributed by atoms with Gasteiger partial charge in [0.25, 0.3) is 0 Å². The molecule has 19 heavy (non-hydrogen) atoms. The van der Waals surface area contributed by atoms with Crippen LogP contribution in [0.2, 0.25) is 0 Å². The Morgan fingerprint density at radius 2 is 1.79 bits per heavy atom. The molecule has 0 unspecified atom stereocenters. The lowest BCUT2D eigenvalue weighted by molar-refractivity contribution is 0.390. The zero-order valence-electron chi connectivity index (χ0n) is 12.5. The van der Waals surface area contributed by atoms with E-state index in [-0.39, 0.29) is 17.8 Å². The number of halogens is 1. The molecule has 0 spiro atoms. The second kappa shape index (κ2) is 6.62. The van der Waals surface area contributed by atoms with Crippen LogP contribution in [0.5, 0.6) is 5.75 Å². The van der Waals surface area contributed by atoms with Crippen molar-refractivity contribution < 1.29 is 4.74 Å². The van der Waals surface area contributed by atoms with Gasteiger partial charge in [-0.2, -0.15) is 0 Å². The molecule has 3 heteroatoms. The summed E-state index contributed by atoms with van der Waals surface area (Å²) in [5.74, 6) is 1.69. The van der Waals surface area contributed by atoms with Crippen molar-refractivity contribution in [3.8, 4) is 5.75 Å². The van der Waals surface area contributed by atoms with E-state index in [1.807, 2.05) is 0 Å². The predicted octanol–water partition coefficient (Wildman–Crippen LogP) is 3.88. The van der Waals surface area contributed by atoms with Gasteiger partial charge in [-0.15, -0.1) is 12.4 Å². The van der Waals surface area contributed by atoms with E-state index < -0.39 is 0 Å². The smallest absolute Gasteiger partial charge is 0.122 e. The molecule has 108 valence electrons. The average Bonchev–Trinajstić information content (AvgIpc) is 2.38. The first-order valence-electron chi connectivity index (χ1n) is 6.91. The molecule has 1 aromatic rings. The maximum atomic E-state index is 5.55. The van der Waals surface area contributed by atoms with Gasteiger partial charge in [0.2, 0.25) is 0 Å². The van der Waals surface area contributed by atoms with Crippen LogP contribution in [0.25, 0.3) is 0 Å². The van der Waals surface area contributed by atoms with Gasteiger partial charge >= 0.3 is 0 Å². The summed E-state index contributed by atoms with van der Waals surface area (Å²) < 4.78 is 5.55. The fourth-order valence-electron chi connectivity index (χ4n) is 2.65. The summed E-state index contributed by atoms with van der Waals surface area (Å²) in [7, 11) is 1.77. The molecule has 2 nitrogen and oxygen atoms in total. The highest BCUT2D eigenvalue weighted by molar-refractivity contribution is 5.85. The van der Waals surface area contributed by atoms with Crippen LogP contribution in [0.3, 0.4) is 0 Å². The SMILES string of the molecule is COc1ccc(C(C)(C)C)cc1C1CCNCC1.Cl. The molecular weight excluding hydrogens is 258 g/mol. The van der Waals surface area contributed by atoms with Crippen molar-refractivity contribution in [2.75, 3.05) is 20.2 Å². The summed E-state index contributed by atoms with van der Waals surface area (Å²) in [5.41, 5.74) is 3.00. The summed E-state index contributed by atoms with van der Waals surface area (Å²) >= 11 is 0. The highest BCUT2D eigenvalue weighted by Gasteiger charge is 2.22. The number of ether oxygens (including phenoxy) is 1. The van der Waals surface area contributed by atoms with Crippen LogP contribution >= 0.6 is 12.4 Å². The van der Waals surface area contributed by atoms with Crippen molar-refractivity contribution in [2.24, 2.45) is 0 Å². The molecule has 0 radical (unpaired) electrons. The zero-order valence-corrected chi connectivity index (χ0v) is 13.3. The highest BCUT2D eigenvalue weighted by atomic mass is 35.5. The Labute approximate surface area is 123 Å². The molecule has 0 amide bonds. The van der Waals surface area contributed by atoms with Gasteiger partial charge in [0, 0.05) is 0 Å². The van der Waals surface area contributed by atoms with E-state index in [0.29, 0.717) is 5.92 Å². The third-order valence-corrected chi connectivity index (χ3v) is 3.87. The van der Waals surface area contributed by atoms with E-state index in [4.69, 9.17) is 4.74 Å². The molecule has 0 atom stereocenters. The number of hydrogen-bond donors (Lipinski definition) is 1. The molecule has 1 saturated heterocycles. The van der Waals surface area contributed by atoms with E-state index in [1.165, 1.54) is 24.0 Å². The lowest BCUT2D eigenvalue weighted by Crippen LogP contribution is -2.27. The molecule has 0 bridgehead atoms. The Morgan fingerprint density at radius 3 is 2.32 bits per heavy atom. The molecule has 1 aromatic carbocycles. The molecular formula is C16H26ClNO. The van der Waals surface area contributed by atoms with Crippen LogP contribution in [0.15, 0.2) is 18.2 Å². The van der Waals surface area contributed by atoms with Crippen LogP contribution < -0.4 is 10.1 Å². The summed E-state index contributed by atoms with van der Waals surface area (Å²) in [5, 5.41) is 3.43. The molecule has 1 fully saturated rings. The van der Waals surface area contributed by atoms with Gasteiger partial charge in [0.1, 0.15) is 5.75 Å². The maximum absolute atomic E-state index is 5.55. The standard InChI is InChI=1S/C16H25NO.ClH/c1-16(2,3)13-5-6-15(18-4)14(11-13)12-7-9-17-10-8-12;/h5-6,11-12,17H,7-10H2,1-4H3;1H. The molecule has 1 N–H and O–H groups in total. The summed E-state index contributed by atoms with van der Waals surface area (Å²) in [6.45, 7) is 9.03. The van der Waals surface area contributed by atoms with Gasteiger partial charge in [-0.05, 0) is 54.5 Å². The van der Waals surface area contributed by atoms with Crippen molar-refractivity contribution >= 4 is 12.4 Å². The van der Waals surface area contributed by atoms with E-state index >= 15 is 0 Å². The van der Waals surface area contributed by atoms with Crippen molar-refractivity contribution in [3.05, 3.63) is 29.3 Å². The Morgan fingerprint density at radius 1 is 1.16 bits per heavy atom. The van der Waals surface area contributed by atoms with Crippen LogP contribution in [-0.2, 0) is 5.41 Å². The summed E-state index contributed by atoms with van der Waals surface area (Å²) in [4.78, 5) is 0. The van der Waals surface area contributed by atoms with E-state index in [2.05, 4.69) is 44.3 Å². The van der Waals surface area contributed by atoms with Crippen LogP contribution in [0.4, 0.5) is 0 Å². The molecule has 0 aliphatic carbocycles. The third-order valence-electron chi connectivity index (χ3n) is 3.87. The molecule has 0 aromatic heterocycles. The largest absolute Gasteiger partial charge is 0.496 e. The second-order valence-electron chi connectivity index (χ2n) is 6.23. The molecule has 1 aliphatic heterocycles. The number of benzene rings is 1. The topological polar surface area (TPSA) is 21.3 Å². The van der Waals surface area contributed by atoms with Crippen molar-refractivity contribution in [1.29, 1.82) is 0 Å². The lowest BCUT2D eigenvalue weighted by Gasteiger charge is -2.27. The minimum absolute atomic E-state index is 0. The van der Waals surface area contributed by atoms with Crippen LogP contribution in [-0.4, -0.2) is 20.2 Å².